The van der Waals surface area contributed by atoms with E-state index in [4.69, 9.17) is 16.3 Å². The molecule has 1 atom stereocenters. The molecule has 0 saturated heterocycles. The predicted molar refractivity (Wildman–Crippen MR) is 85.8 cm³/mol. The topological polar surface area (TPSA) is 29.5 Å². The summed E-state index contributed by atoms with van der Waals surface area (Å²) in [5, 5.41) is 10.6. The summed E-state index contributed by atoms with van der Waals surface area (Å²) in [5.74, 6) is 0.714. The predicted octanol–water partition coefficient (Wildman–Crippen LogP) is 3.93. The van der Waals surface area contributed by atoms with Gasteiger partial charge in [0, 0.05) is 15.0 Å². The molecular formula is C15H14ClIO2. The third kappa shape index (κ3) is 5.01. The zero-order valence-corrected chi connectivity index (χ0v) is 13.1. The van der Waals surface area contributed by atoms with E-state index in [1.165, 1.54) is 3.57 Å². The van der Waals surface area contributed by atoms with Gasteiger partial charge in [-0.05, 0) is 64.6 Å². The van der Waals surface area contributed by atoms with Gasteiger partial charge in [0.1, 0.15) is 12.4 Å². The average molecular weight is 389 g/mol. The van der Waals surface area contributed by atoms with Gasteiger partial charge in [0.15, 0.2) is 0 Å². The van der Waals surface area contributed by atoms with E-state index >= 15 is 0 Å². The number of aliphatic hydroxyl groups excluding tert-OH is 1. The Bertz CT molecular complexity index is 511. The third-order valence-corrected chi connectivity index (χ3v) is 3.61. The molecule has 0 heterocycles. The number of halogens is 2. The lowest BCUT2D eigenvalue weighted by Gasteiger charge is -2.12. The monoisotopic (exact) mass is 388 g/mol. The molecule has 1 N–H and O–H groups in total. The number of hydrogen-bond acceptors (Lipinski definition) is 2. The van der Waals surface area contributed by atoms with Crippen LogP contribution in [0.15, 0.2) is 48.5 Å². The first-order valence-electron chi connectivity index (χ1n) is 5.94. The molecule has 0 saturated carbocycles. The molecule has 0 amide bonds. The average Bonchev–Trinajstić information content (AvgIpc) is 2.41. The minimum Gasteiger partial charge on any atom is -0.491 e. The van der Waals surface area contributed by atoms with E-state index in [-0.39, 0.29) is 6.61 Å². The van der Waals surface area contributed by atoms with Crippen LogP contribution in [-0.2, 0) is 6.42 Å². The van der Waals surface area contributed by atoms with Crippen molar-refractivity contribution in [3.8, 4) is 5.75 Å². The van der Waals surface area contributed by atoms with E-state index in [0.717, 1.165) is 5.56 Å². The van der Waals surface area contributed by atoms with Gasteiger partial charge in [-0.25, -0.2) is 0 Å². The Balaban J connectivity index is 1.82. The minimum atomic E-state index is -0.518. The Morgan fingerprint density at radius 1 is 1.05 bits per heavy atom. The fourth-order valence-electron chi connectivity index (χ4n) is 1.67. The van der Waals surface area contributed by atoms with E-state index in [9.17, 15) is 5.11 Å². The Labute approximate surface area is 131 Å². The number of aliphatic hydroxyl groups is 1. The molecule has 0 aromatic heterocycles. The second-order valence-electron chi connectivity index (χ2n) is 4.25. The van der Waals surface area contributed by atoms with Crippen molar-refractivity contribution in [1.29, 1.82) is 0 Å². The van der Waals surface area contributed by atoms with Crippen LogP contribution in [0.5, 0.6) is 5.75 Å². The molecule has 0 radical (unpaired) electrons. The zero-order valence-electron chi connectivity index (χ0n) is 10.2. The summed E-state index contributed by atoms with van der Waals surface area (Å²) >= 11 is 8.05. The molecule has 2 nitrogen and oxygen atoms in total. The molecule has 0 spiro atoms. The highest BCUT2D eigenvalue weighted by Crippen LogP contribution is 2.16. The van der Waals surface area contributed by atoms with Crippen LogP contribution in [0.4, 0.5) is 0 Å². The van der Waals surface area contributed by atoms with Crippen LogP contribution in [0.2, 0.25) is 5.02 Å². The van der Waals surface area contributed by atoms with Gasteiger partial charge in [-0.3, -0.25) is 0 Å². The first-order chi connectivity index (χ1) is 9.13. The van der Waals surface area contributed by atoms with Crippen LogP contribution < -0.4 is 4.74 Å². The summed E-state index contributed by atoms with van der Waals surface area (Å²) in [6.07, 6.45) is 0.0700. The molecule has 0 bridgehead atoms. The zero-order chi connectivity index (χ0) is 13.7. The summed E-state index contributed by atoms with van der Waals surface area (Å²) in [6.45, 7) is 0.271. The summed E-state index contributed by atoms with van der Waals surface area (Å²) in [5.41, 5.74) is 1.10. The highest BCUT2D eigenvalue weighted by molar-refractivity contribution is 14.1. The Morgan fingerprint density at radius 2 is 1.68 bits per heavy atom. The number of hydrogen-bond donors (Lipinski definition) is 1. The maximum atomic E-state index is 9.93. The quantitative estimate of drug-likeness (QED) is 0.787. The molecule has 2 rings (SSSR count). The molecule has 100 valence electrons. The van der Waals surface area contributed by atoms with Crippen molar-refractivity contribution in [2.24, 2.45) is 0 Å². The molecule has 2 aromatic carbocycles. The van der Waals surface area contributed by atoms with Crippen LogP contribution in [-0.4, -0.2) is 17.8 Å². The Morgan fingerprint density at radius 3 is 2.32 bits per heavy atom. The van der Waals surface area contributed by atoms with Gasteiger partial charge < -0.3 is 9.84 Å². The van der Waals surface area contributed by atoms with Crippen molar-refractivity contribution in [1.82, 2.24) is 0 Å². The third-order valence-electron chi connectivity index (χ3n) is 2.64. The van der Waals surface area contributed by atoms with Gasteiger partial charge in [-0.1, -0.05) is 23.7 Å². The van der Waals surface area contributed by atoms with E-state index in [1.807, 2.05) is 24.3 Å². The van der Waals surface area contributed by atoms with E-state index in [1.54, 1.807) is 24.3 Å². The highest BCUT2D eigenvalue weighted by atomic mass is 127. The van der Waals surface area contributed by atoms with Gasteiger partial charge in [-0.2, -0.15) is 0 Å². The fraction of sp³-hybridized carbons (Fsp3) is 0.200. The minimum absolute atomic E-state index is 0.271. The largest absolute Gasteiger partial charge is 0.491 e. The van der Waals surface area contributed by atoms with Gasteiger partial charge in [0.25, 0.3) is 0 Å². The van der Waals surface area contributed by atoms with Crippen LogP contribution in [0, 0.1) is 3.57 Å². The highest BCUT2D eigenvalue weighted by Gasteiger charge is 2.06. The smallest absolute Gasteiger partial charge is 0.119 e. The van der Waals surface area contributed by atoms with Gasteiger partial charge >= 0.3 is 0 Å². The standard InChI is InChI=1S/C15H14ClIO2/c16-12-3-7-15(8-4-12)19-10-14(18)9-11-1-5-13(17)6-2-11/h1-8,14,18H,9-10H2. The summed E-state index contributed by atoms with van der Waals surface area (Å²) < 4.78 is 6.70. The Hall–Kier alpha value is -0.780. The fourth-order valence-corrected chi connectivity index (χ4v) is 2.16. The normalized spacial score (nSPS) is 12.2. The van der Waals surface area contributed by atoms with E-state index in [2.05, 4.69) is 22.6 Å². The van der Waals surface area contributed by atoms with Crippen LogP contribution in [0.1, 0.15) is 5.56 Å². The lowest BCUT2D eigenvalue weighted by molar-refractivity contribution is 0.108. The lowest BCUT2D eigenvalue weighted by Crippen LogP contribution is -2.20. The van der Waals surface area contributed by atoms with Crippen molar-refractivity contribution in [3.63, 3.8) is 0 Å². The van der Waals surface area contributed by atoms with Gasteiger partial charge in [0.05, 0.1) is 6.10 Å². The molecule has 2 aromatic rings. The van der Waals surface area contributed by atoms with E-state index in [0.29, 0.717) is 17.2 Å². The summed E-state index contributed by atoms with van der Waals surface area (Å²) in [7, 11) is 0. The van der Waals surface area contributed by atoms with Crippen molar-refractivity contribution < 1.29 is 9.84 Å². The SMILES string of the molecule is OC(COc1ccc(Cl)cc1)Cc1ccc(I)cc1. The van der Waals surface area contributed by atoms with Gasteiger partial charge in [0.2, 0.25) is 0 Å². The number of ether oxygens (including phenoxy) is 1. The maximum Gasteiger partial charge on any atom is 0.119 e. The van der Waals surface area contributed by atoms with Crippen LogP contribution in [0.25, 0.3) is 0 Å². The molecule has 0 aliphatic rings. The second-order valence-corrected chi connectivity index (χ2v) is 5.93. The second kappa shape index (κ2) is 7.12. The van der Waals surface area contributed by atoms with Crippen molar-refractivity contribution in [2.75, 3.05) is 6.61 Å². The maximum absolute atomic E-state index is 9.93. The number of rotatable bonds is 5. The lowest BCUT2D eigenvalue weighted by atomic mass is 10.1. The molecule has 0 aliphatic heterocycles. The van der Waals surface area contributed by atoms with Crippen LogP contribution in [0.3, 0.4) is 0 Å². The molecular weight excluding hydrogens is 375 g/mol. The molecule has 1 unspecified atom stereocenters. The van der Waals surface area contributed by atoms with E-state index < -0.39 is 6.10 Å². The first kappa shape index (κ1) is 14.6. The summed E-state index contributed by atoms with van der Waals surface area (Å²) in [6, 6.07) is 15.2. The molecule has 4 heteroatoms. The van der Waals surface area contributed by atoms with Crippen molar-refractivity contribution in [2.45, 2.75) is 12.5 Å². The van der Waals surface area contributed by atoms with Gasteiger partial charge in [-0.15, -0.1) is 0 Å². The van der Waals surface area contributed by atoms with Crippen molar-refractivity contribution in [3.05, 3.63) is 62.7 Å². The van der Waals surface area contributed by atoms with Crippen molar-refractivity contribution >= 4 is 34.2 Å². The molecule has 0 fully saturated rings. The van der Waals surface area contributed by atoms with Crippen LogP contribution >= 0.6 is 34.2 Å². The first-order valence-corrected chi connectivity index (χ1v) is 7.40. The molecule has 19 heavy (non-hydrogen) atoms. The number of benzene rings is 2. The summed E-state index contributed by atoms with van der Waals surface area (Å²) in [4.78, 5) is 0. The Kier molecular flexibility index (Phi) is 5.48. The molecule has 0 aliphatic carbocycles.